The van der Waals surface area contributed by atoms with Crippen LogP contribution in [0.15, 0.2) is 29.2 Å². The molecule has 1 aromatic rings. The second kappa shape index (κ2) is 6.69. The van der Waals surface area contributed by atoms with E-state index in [2.05, 4.69) is 5.32 Å². The van der Waals surface area contributed by atoms with Crippen LogP contribution in [-0.2, 0) is 9.59 Å². The average Bonchev–Trinajstić information content (AvgIpc) is 2.77. The number of hydrogen-bond donors (Lipinski definition) is 1. The summed E-state index contributed by atoms with van der Waals surface area (Å²) in [5.41, 5.74) is 0.342. The van der Waals surface area contributed by atoms with E-state index in [1.165, 1.54) is 11.0 Å². The fourth-order valence-corrected chi connectivity index (χ4v) is 2.60. The third-order valence-corrected chi connectivity index (χ3v) is 3.67. The summed E-state index contributed by atoms with van der Waals surface area (Å²) in [6.07, 6.45) is 1.22. The van der Waals surface area contributed by atoms with E-state index < -0.39 is 5.76 Å². The number of para-hydroxylation sites is 1. The molecule has 0 bridgehead atoms. The molecule has 2 amide bonds. The number of likely N-dealkylation sites (tertiary alicyclic amines) is 1. The zero-order valence-electron chi connectivity index (χ0n) is 10.6. The van der Waals surface area contributed by atoms with Gasteiger partial charge in [0.2, 0.25) is 11.8 Å². The van der Waals surface area contributed by atoms with Crippen LogP contribution in [0.3, 0.4) is 0 Å². The zero-order valence-corrected chi connectivity index (χ0v) is 11.5. The first-order valence-electron chi connectivity index (χ1n) is 6.18. The van der Waals surface area contributed by atoms with Gasteiger partial charge in [0.15, 0.2) is 0 Å². The molecule has 2 rings (SSSR count). The van der Waals surface area contributed by atoms with E-state index in [9.17, 15) is 18.4 Å². The van der Waals surface area contributed by atoms with E-state index in [4.69, 9.17) is 0 Å². The molecule has 1 heterocycles. The summed E-state index contributed by atoms with van der Waals surface area (Å²) in [4.78, 5) is 25.0. The summed E-state index contributed by atoms with van der Waals surface area (Å²) in [7, 11) is 0. The highest BCUT2D eigenvalue weighted by molar-refractivity contribution is 7.99. The first-order chi connectivity index (χ1) is 9.56. The molecule has 0 saturated carbocycles. The highest BCUT2D eigenvalue weighted by Gasteiger charge is 2.22. The summed E-state index contributed by atoms with van der Waals surface area (Å²) in [6, 6.07) is 6.37. The molecule has 1 aliphatic heterocycles. The third kappa shape index (κ3) is 3.93. The third-order valence-electron chi connectivity index (χ3n) is 2.88. The minimum absolute atomic E-state index is 0.0352. The summed E-state index contributed by atoms with van der Waals surface area (Å²) >= 11 is 0.382. The number of anilines is 1. The van der Waals surface area contributed by atoms with Crippen LogP contribution < -0.4 is 5.32 Å². The van der Waals surface area contributed by atoms with Crippen molar-refractivity contribution in [2.75, 3.05) is 18.4 Å². The Hall–Kier alpha value is -1.63. The predicted octanol–water partition coefficient (Wildman–Crippen LogP) is 2.56. The molecule has 1 fully saturated rings. The van der Waals surface area contributed by atoms with Crippen LogP contribution in [0.5, 0.6) is 0 Å². The van der Waals surface area contributed by atoms with Gasteiger partial charge in [-0.3, -0.25) is 9.59 Å². The van der Waals surface area contributed by atoms with Gasteiger partial charge in [-0.1, -0.05) is 23.9 Å². The van der Waals surface area contributed by atoms with E-state index >= 15 is 0 Å². The molecule has 1 aliphatic rings. The van der Waals surface area contributed by atoms with Crippen LogP contribution in [0.2, 0.25) is 0 Å². The number of hydrogen-bond acceptors (Lipinski definition) is 3. The number of nitrogens with one attached hydrogen (secondary N) is 1. The molecule has 1 saturated heterocycles. The molecule has 20 heavy (non-hydrogen) atoms. The van der Waals surface area contributed by atoms with Crippen LogP contribution in [0.4, 0.5) is 14.5 Å². The van der Waals surface area contributed by atoms with E-state index in [1.54, 1.807) is 18.2 Å². The van der Waals surface area contributed by atoms with Crippen LogP contribution in [-0.4, -0.2) is 35.6 Å². The van der Waals surface area contributed by atoms with Gasteiger partial charge < -0.3 is 10.2 Å². The fourth-order valence-electron chi connectivity index (χ4n) is 2.00. The number of amides is 2. The lowest BCUT2D eigenvalue weighted by atomic mass is 10.3. The van der Waals surface area contributed by atoms with Crippen molar-refractivity contribution in [1.29, 1.82) is 0 Å². The average molecular weight is 300 g/mol. The number of thioether (sulfide) groups is 1. The Labute approximate surface area is 119 Å². The number of nitrogens with zero attached hydrogens (tertiary/aromatic N) is 1. The summed E-state index contributed by atoms with van der Waals surface area (Å²) in [5, 5.41) is 2.58. The molecule has 4 nitrogen and oxygen atoms in total. The van der Waals surface area contributed by atoms with Gasteiger partial charge in [-0.25, -0.2) is 0 Å². The Morgan fingerprint density at radius 3 is 2.80 bits per heavy atom. The van der Waals surface area contributed by atoms with Gasteiger partial charge in [0.05, 0.1) is 12.2 Å². The molecule has 1 N–H and O–H groups in total. The number of halogens is 2. The molecule has 1 aromatic carbocycles. The van der Waals surface area contributed by atoms with Gasteiger partial charge in [-0.15, -0.1) is 0 Å². The van der Waals surface area contributed by atoms with Crippen molar-refractivity contribution >= 4 is 29.3 Å². The Bertz CT molecular complexity index is 511. The highest BCUT2D eigenvalue weighted by atomic mass is 32.2. The maximum Gasteiger partial charge on any atom is 0.288 e. The van der Waals surface area contributed by atoms with Gasteiger partial charge in [0.1, 0.15) is 0 Å². The van der Waals surface area contributed by atoms with E-state index in [0.717, 1.165) is 6.42 Å². The minimum atomic E-state index is -2.55. The molecule has 0 aliphatic carbocycles. The van der Waals surface area contributed by atoms with Crippen molar-refractivity contribution in [2.45, 2.75) is 23.5 Å². The molecule has 0 aromatic heterocycles. The SMILES string of the molecule is O=C(CN1CCCC1=O)Nc1ccccc1SC(F)F. The normalized spacial score (nSPS) is 14.9. The van der Waals surface area contributed by atoms with Crippen LogP contribution >= 0.6 is 11.8 Å². The number of rotatable bonds is 5. The van der Waals surface area contributed by atoms with Gasteiger partial charge in [0.25, 0.3) is 5.76 Å². The van der Waals surface area contributed by atoms with Crippen molar-refractivity contribution in [2.24, 2.45) is 0 Å². The monoisotopic (exact) mass is 300 g/mol. The lowest BCUT2D eigenvalue weighted by Gasteiger charge is -2.16. The molecular weight excluding hydrogens is 286 g/mol. The summed E-state index contributed by atoms with van der Waals surface area (Å²) < 4.78 is 24.8. The topological polar surface area (TPSA) is 49.4 Å². The molecule has 108 valence electrons. The summed E-state index contributed by atoms with van der Waals surface area (Å²) in [5.74, 6) is -2.97. The molecule has 7 heteroatoms. The van der Waals surface area contributed by atoms with Crippen molar-refractivity contribution in [3.8, 4) is 0 Å². The molecule has 0 atom stereocenters. The summed E-state index contributed by atoms with van der Waals surface area (Å²) in [6.45, 7) is 0.534. The number of benzene rings is 1. The Balaban J connectivity index is 1.98. The van der Waals surface area contributed by atoms with Gasteiger partial charge in [-0.2, -0.15) is 8.78 Å². The van der Waals surface area contributed by atoms with Crippen LogP contribution in [0.25, 0.3) is 0 Å². The Morgan fingerprint density at radius 2 is 2.15 bits per heavy atom. The first kappa shape index (κ1) is 14.8. The maximum absolute atomic E-state index is 12.4. The van der Waals surface area contributed by atoms with Crippen molar-refractivity contribution in [3.05, 3.63) is 24.3 Å². The smallest absolute Gasteiger partial charge is 0.288 e. The number of carbonyl (C=O) groups is 2. The Morgan fingerprint density at radius 1 is 1.40 bits per heavy atom. The van der Waals surface area contributed by atoms with Crippen molar-refractivity contribution < 1.29 is 18.4 Å². The Kier molecular flexibility index (Phi) is 4.94. The first-order valence-corrected chi connectivity index (χ1v) is 7.05. The van der Waals surface area contributed by atoms with Gasteiger partial charge in [0, 0.05) is 17.9 Å². The minimum Gasteiger partial charge on any atom is -0.333 e. The van der Waals surface area contributed by atoms with E-state index in [1.807, 2.05) is 0 Å². The molecular formula is C13H14F2N2O2S. The van der Waals surface area contributed by atoms with Crippen LogP contribution in [0.1, 0.15) is 12.8 Å². The molecule has 0 radical (unpaired) electrons. The largest absolute Gasteiger partial charge is 0.333 e. The second-order valence-electron chi connectivity index (χ2n) is 4.34. The van der Waals surface area contributed by atoms with Gasteiger partial charge >= 0.3 is 0 Å². The highest BCUT2D eigenvalue weighted by Crippen LogP contribution is 2.31. The van der Waals surface area contributed by atoms with Crippen molar-refractivity contribution in [3.63, 3.8) is 0 Å². The van der Waals surface area contributed by atoms with Gasteiger partial charge in [-0.05, 0) is 18.6 Å². The van der Waals surface area contributed by atoms with Crippen LogP contribution in [0, 0.1) is 0 Å². The molecule has 0 spiro atoms. The lowest BCUT2D eigenvalue weighted by Crippen LogP contribution is -2.34. The second-order valence-corrected chi connectivity index (χ2v) is 5.37. The number of carbonyl (C=O) groups excluding carboxylic acids is 2. The number of alkyl halides is 2. The zero-order chi connectivity index (χ0) is 14.5. The van der Waals surface area contributed by atoms with E-state index in [0.29, 0.717) is 35.3 Å². The maximum atomic E-state index is 12.4. The quantitative estimate of drug-likeness (QED) is 0.850. The van der Waals surface area contributed by atoms with Crippen molar-refractivity contribution in [1.82, 2.24) is 4.90 Å². The molecule has 0 unspecified atom stereocenters. The predicted molar refractivity (Wildman–Crippen MR) is 72.7 cm³/mol. The standard InChI is InChI=1S/C13H14F2N2O2S/c14-13(15)20-10-5-2-1-4-9(10)16-11(18)8-17-7-3-6-12(17)19/h1-2,4-5,13H,3,6-8H2,(H,16,18). The lowest BCUT2D eigenvalue weighted by molar-refractivity contribution is -0.131. The fraction of sp³-hybridized carbons (Fsp3) is 0.385. The van der Waals surface area contributed by atoms with E-state index in [-0.39, 0.29) is 18.4 Å².